The molecule has 1 unspecified atom stereocenters. The first-order valence-corrected chi connectivity index (χ1v) is 8.37. The summed E-state index contributed by atoms with van der Waals surface area (Å²) in [5, 5.41) is 13.5. The van der Waals surface area contributed by atoms with Crippen molar-refractivity contribution in [1.29, 1.82) is 0 Å². The van der Waals surface area contributed by atoms with Gasteiger partial charge in [0.25, 0.3) is 0 Å². The number of rotatable bonds is 4. The third kappa shape index (κ3) is 3.23. The Balaban J connectivity index is 2.07. The summed E-state index contributed by atoms with van der Waals surface area (Å²) in [6, 6.07) is 13.9. The monoisotopic (exact) mass is 341 g/mol. The zero-order chi connectivity index (χ0) is 17.1. The van der Waals surface area contributed by atoms with E-state index in [0.29, 0.717) is 10.7 Å². The van der Waals surface area contributed by atoms with E-state index >= 15 is 0 Å². The largest absolute Gasteiger partial charge is 0.358 e. The molecule has 0 saturated carbocycles. The van der Waals surface area contributed by atoms with E-state index in [1.165, 1.54) is 23.9 Å². The molecular formula is C18H16FN3OS. The van der Waals surface area contributed by atoms with Gasteiger partial charge in [-0.05, 0) is 31.2 Å². The van der Waals surface area contributed by atoms with Crippen molar-refractivity contribution in [1.82, 2.24) is 15.5 Å². The molecular weight excluding hydrogens is 325 g/mol. The van der Waals surface area contributed by atoms with Gasteiger partial charge < -0.3 is 5.32 Å². The first-order chi connectivity index (χ1) is 11.6. The second kappa shape index (κ2) is 6.97. The van der Waals surface area contributed by atoms with Crippen LogP contribution in [0.15, 0.2) is 53.6 Å². The molecule has 0 aliphatic carbocycles. The van der Waals surface area contributed by atoms with Gasteiger partial charge in [0.15, 0.2) is 0 Å². The fourth-order valence-electron chi connectivity index (χ4n) is 2.41. The van der Waals surface area contributed by atoms with Crippen LogP contribution in [0.1, 0.15) is 6.92 Å². The second-order valence-electron chi connectivity index (χ2n) is 5.28. The molecule has 0 saturated heterocycles. The molecule has 1 N–H and O–H groups in total. The number of amides is 1. The van der Waals surface area contributed by atoms with Crippen molar-refractivity contribution in [3.05, 3.63) is 54.3 Å². The lowest BCUT2D eigenvalue weighted by Gasteiger charge is -2.12. The average Bonchev–Trinajstić information content (AvgIpc) is 2.62. The number of fused-ring (bicyclic) bond motifs is 1. The summed E-state index contributed by atoms with van der Waals surface area (Å²) in [4.78, 5) is 11.8. The van der Waals surface area contributed by atoms with Gasteiger partial charge in [-0.1, -0.05) is 36.0 Å². The van der Waals surface area contributed by atoms with Crippen molar-refractivity contribution in [2.75, 3.05) is 7.05 Å². The van der Waals surface area contributed by atoms with Gasteiger partial charge in [0.1, 0.15) is 16.5 Å². The maximum Gasteiger partial charge on any atom is 0.233 e. The first-order valence-electron chi connectivity index (χ1n) is 7.49. The van der Waals surface area contributed by atoms with E-state index in [1.54, 1.807) is 19.2 Å². The first kappa shape index (κ1) is 16.4. The van der Waals surface area contributed by atoms with E-state index in [4.69, 9.17) is 0 Å². The van der Waals surface area contributed by atoms with Gasteiger partial charge in [0.2, 0.25) is 5.91 Å². The van der Waals surface area contributed by atoms with E-state index in [9.17, 15) is 9.18 Å². The fraction of sp³-hybridized carbons (Fsp3) is 0.167. The minimum absolute atomic E-state index is 0.0616. The zero-order valence-corrected chi connectivity index (χ0v) is 14.1. The molecule has 0 aliphatic heterocycles. The molecule has 4 nitrogen and oxygen atoms in total. The summed E-state index contributed by atoms with van der Waals surface area (Å²) >= 11 is 1.37. The summed E-state index contributed by atoms with van der Waals surface area (Å²) in [5.74, 6) is -0.351. The van der Waals surface area contributed by atoms with Crippen LogP contribution in [-0.2, 0) is 4.79 Å². The number of hydrogen-bond donors (Lipinski definition) is 1. The number of carbonyl (C=O) groups excluding carboxylic acids is 1. The SMILES string of the molecule is CNC(=O)C(C)Sc1nnc(-c2ccc(F)cc2)c2ccccc12. The molecule has 0 radical (unpaired) electrons. The topological polar surface area (TPSA) is 54.9 Å². The highest BCUT2D eigenvalue weighted by Crippen LogP contribution is 2.33. The van der Waals surface area contributed by atoms with Gasteiger partial charge in [-0.25, -0.2) is 4.39 Å². The smallest absolute Gasteiger partial charge is 0.233 e. The Bertz CT molecular complexity index is 883. The van der Waals surface area contributed by atoms with Crippen LogP contribution in [0.5, 0.6) is 0 Å². The minimum atomic E-state index is -0.289. The Morgan fingerprint density at radius 3 is 2.42 bits per heavy atom. The van der Waals surface area contributed by atoms with Crippen LogP contribution in [0.2, 0.25) is 0 Å². The average molecular weight is 341 g/mol. The highest BCUT2D eigenvalue weighted by atomic mass is 32.2. The van der Waals surface area contributed by atoms with Gasteiger partial charge in [0, 0.05) is 23.4 Å². The van der Waals surface area contributed by atoms with Gasteiger partial charge >= 0.3 is 0 Å². The molecule has 122 valence electrons. The van der Waals surface area contributed by atoms with E-state index in [1.807, 2.05) is 31.2 Å². The molecule has 1 atom stereocenters. The van der Waals surface area contributed by atoms with Crippen molar-refractivity contribution in [2.24, 2.45) is 0 Å². The quantitative estimate of drug-likeness (QED) is 0.736. The van der Waals surface area contributed by atoms with Crippen LogP contribution < -0.4 is 5.32 Å². The predicted octanol–water partition coefficient (Wildman–Crippen LogP) is 3.66. The Hall–Kier alpha value is -2.47. The van der Waals surface area contributed by atoms with Gasteiger partial charge in [0.05, 0.1) is 5.25 Å². The molecule has 0 bridgehead atoms. The minimum Gasteiger partial charge on any atom is -0.358 e. The van der Waals surface area contributed by atoms with E-state index in [2.05, 4.69) is 15.5 Å². The van der Waals surface area contributed by atoms with Gasteiger partial charge in [-0.15, -0.1) is 10.2 Å². The number of nitrogens with zero attached hydrogens (tertiary/aromatic N) is 2. The van der Waals surface area contributed by atoms with Crippen molar-refractivity contribution in [3.63, 3.8) is 0 Å². The number of thioether (sulfide) groups is 1. The maximum atomic E-state index is 13.2. The number of carbonyl (C=O) groups is 1. The molecule has 1 heterocycles. The fourth-order valence-corrected chi connectivity index (χ4v) is 3.36. The van der Waals surface area contributed by atoms with Crippen LogP contribution in [0, 0.1) is 5.82 Å². The molecule has 0 aliphatic rings. The van der Waals surface area contributed by atoms with E-state index in [0.717, 1.165) is 16.3 Å². The van der Waals surface area contributed by atoms with Crippen LogP contribution in [-0.4, -0.2) is 28.4 Å². The Morgan fingerprint density at radius 2 is 1.75 bits per heavy atom. The summed E-state index contributed by atoms with van der Waals surface area (Å²) in [5.41, 5.74) is 1.50. The molecule has 1 aromatic heterocycles. The number of halogens is 1. The zero-order valence-electron chi connectivity index (χ0n) is 13.3. The summed E-state index contributed by atoms with van der Waals surface area (Å²) in [7, 11) is 1.61. The van der Waals surface area contributed by atoms with Gasteiger partial charge in [-0.3, -0.25) is 4.79 Å². The van der Waals surface area contributed by atoms with Crippen molar-refractivity contribution in [2.45, 2.75) is 17.2 Å². The predicted molar refractivity (Wildman–Crippen MR) is 94.3 cm³/mol. The highest BCUT2D eigenvalue weighted by molar-refractivity contribution is 8.00. The van der Waals surface area contributed by atoms with Crippen molar-refractivity contribution in [3.8, 4) is 11.3 Å². The third-order valence-corrected chi connectivity index (χ3v) is 4.77. The Morgan fingerprint density at radius 1 is 1.08 bits per heavy atom. The van der Waals surface area contributed by atoms with E-state index in [-0.39, 0.29) is 17.0 Å². The lowest BCUT2D eigenvalue weighted by atomic mass is 10.1. The van der Waals surface area contributed by atoms with Crippen LogP contribution in [0.3, 0.4) is 0 Å². The number of nitrogens with one attached hydrogen (secondary N) is 1. The number of aromatic nitrogens is 2. The Labute approximate surface area is 143 Å². The van der Waals surface area contributed by atoms with Crippen LogP contribution in [0.4, 0.5) is 4.39 Å². The third-order valence-electron chi connectivity index (χ3n) is 3.68. The highest BCUT2D eigenvalue weighted by Gasteiger charge is 2.17. The molecule has 24 heavy (non-hydrogen) atoms. The second-order valence-corrected chi connectivity index (χ2v) is 6.61. The molecule has 0 spiro atoms. The Kier molecular flexibility index (Phi) is 4.76. The van der Waals surface area contributed by atoms with E-state index < -0.39 is 0 Å². The van der Waals surface area contributed by atoms with Gasteiger partial charge in [-0.2, -0.15) is 0 Å². The van der Waals surface area contributed by atoms with Crippen molar-refractivity contribution >= 4 is 28.4 Å². The number of benzene rings is 2. The molecule has 1 amide bonds. The molecule has 3 aromatic rings. The van der Waals surface area contributed by atoms with Crippen LogP contribution >= 0.6 is 11.8 Å². The molecule has 0 fully saturated rings. The molecule has 6 heteroatoms. The normalized spacial score (nSPS) is 12.1. The summed E-state index contributed by atoms with van der Waals surface area (Å²) in [6.45, 7) is 1.83. The summed E-state index contributed by atoms with van der Waals surface area (Å²) < 4.78 is 13.2. The molecule has 2 aromatic carbocycles. The lowest BCUT2D eigenvalue weighted by Crippen LogP contribution is -2.27. The number of hydrogen-bond acceptors (Lipinski definition) is 4. The van der Waals surface area contributed by atoms with Crippen molar-refractivity contribution < 1.29 is 9.18 Å². The maximum absolute atomic E-state index is 13.2. The van der Waals surface area contributed by atoms with Crippen LogP contribution in [0.25, 0.3) is 22.0 Å². The summed E-state index contributed by atoms with van der Waals surface area (Å²) in [6.07, 6.45) is 0. The lowest BCUT2D eigenvalue weighted by molar-refractivity contribution is -0.119. The standard InChI is InChI=1S/C18H16FN3OS/c1-11(17(23)20-2)24-18-15-6-4-3-5-14(15)16(21-22-18)12-7-9-13(19)10-8-12/h3-11H,1-2H3,(H,20,23). The molecule has 3 rings (SSSR count).